The number of carbonyl (C=O) groups is 1. The summed E-state index contributed by atoms with van der Waals surface area (Å²) in [4.78, 5) is 16.8. The summed E-state index contributed by atoms with van der Waals surface area (Å²) in [5.41, 5.74) is 0. The fourth-order valence-electron chi connectivity index (χ4n) is 3.28. The van der Waals surface area contributed by atoms with Crippen LogP contribution in [0.25, 0.3) is 0 Å². The minimum Gasteiger partial charge on any atom is -0.377 e. The van der Waals surface area contributed by atoms with Gasteiger partial charge < -0.3 is 9.64 Å². The number of aromatic nitrogens is 2. The Hall–Kier alpha value is -1.40. The molecule has 2 aliphatic heterocycles. The summed E-state index contributed by atoms with van der Waals surface area (Å²) in [7, 11) is 0. The van der Waals surface area contributed by atoms with Gasteiger partial charge in [-0.15, -0.1) is 0 Å². The van der Waals surface area contributed by atoms with Crippen LogP contribution in [0.3, 0.4) is 0 Å². The molecule has 6 nitrogen and oxygen atoms in total. The topological polar surface area (TPSA) is 50.6 Å². The second-order valence-electron chi connectivity index (χ2n) is 6.19. The van der Waals surface area contributed by atoms with E-state index < -0.39 is 0 Å². The van der Waals surface area contributed by atoms with E-state index in [0.717, 1.165) is 45.8 Å². The van der Waals surface area contributed by atoms with Gasteiger partial charge >= 0.3 is 0 Å². The number of amides is 1. The monoisotopic (exact) mass is 306 g/mol. The molecule has 0 aromatic carbocycles. The van der Waals surface area contributed by atoms with Gasteiger partial charge in [0.05, 0.1) is 6.10 Å². The minimum atomic E-state index is 0.245. The van der Waals surface area contributed by atoms with E-state index in [0.29, 0.717) is 19.1 Å². The molecule has 3 rings (SSSR count). The zero-order chi connectivity index (χ0) is 15.2. The van der Waals surface area contributed by atoms with E-state index in [2.05, 4.69) is 10.00 Å². The number of nitrogens with zero attached hydrogens (tertiary/aromatic N) is 4. The quantitative estimate of drug-likeness (QED) is 0.814. The standard InChI is InChI=1S/C16H26N4O2/c21-16(5-10-20-9-2-6-17-20)19-8-3-7-18(11-12-19)14-15-4-1-13-22-15/h2,6,9,15H,1,3-5,7-8,10-14H2. The number of ether oxygens (including phenoxy) is 1. The fourth-order valence-corrected chi connectivity index (χ4v) is 3.28. The van der Waals surface area contributed by atoms with Crippen molar-refractivity contribution >= 4 is 5.91 Å². The molecule has 0 bridgehead atoms. The van der Waals surface area contributed by atoms with Crippen molar-refractivity contribution in [1.82, 2.24) is 19.6 Å². The highest BCUT2D eigenvalue weighted by Gasteiger charge is 2.23. The molecule has 1 aromatic rings. The molecule has 1 aromatic heterocycles. The smallest absolute Gasteiger partial charge is 0.224 e. The summed E-state index contributed by atoms with van der Waals surface area (Å²) in [6, 6.07) is 1.89. The minimum absolute atomic E-state index is 0.245. The zero-order valence-corrected chi connectivity index (χ0v) is 13.2. The lowest BCUT2D eigenvalue weighted by Gasteiger charge is -2.24. The molecule has 2 saturated heterocycles. The average Bonchev–Trinajstić information content (AvgIpc) is 3.16. The van der Waals surface area contributed by atoms with Crippen molar-refractivity contribution in [2.45, 2.75) is 38.3 Å². The predicted octanol–water partition coefficient (Wildman–Crippen LogP) is 0.987. The number of hydrogen-bond donors (Lipinski definition) is 0. The van der Waals surface area contributed by atoms with E-state index in [1.807, 2.05) is 21.8 Å². The fraction of sp³-hybridized carbons (Fsp3) is 0.750. The molecule has 1 amide bonds. The van der Waals surface area contributed by atoms with Crippen molar-refractivity contribution in [2.24, 2.45) is 0 Å². The molecular weight excluding hydrogens is 280 g/mol. The Morgan fingerprint density at radius 3 is 2.95 bits per heavy atom. The van der Waals surface area contributed by atoms with Crippen molar-refractivity contribution in [1.29, 1.82) is 0 Å². The predicted molar refractivity (Wildman–Crippen MR) is 83.5 cm³/mol. The van der Waals surface area contributed by atoms with Gasteiger partial charge in [0, 0.05) is 58.1 Å². The van der Waals surface area contributed by atoms with Gasteiger partial charge in [-0.3, -0.25) is 14.4 Å². The van der Waals surface area contributed by atoms with Gasteiger partial charge in [-0.2, -0.15) is 5.10 Å². The Balaban J connectivity index is 1.42. The summed E-state index contributed by atoms with van der Waals surface area (Å²) in [6.07, 6.45) is 8.02. The number of aryl methyl sites for hydroxylation is 1. The van der Waals surface area contributed by atoms with Gasteiger partial charge in [-0.05, 0) is 31.9 Å². The molecule has 0 N–H and O–H groups in total. The molecule has 0 saturated carbocycles. The Labute approximate surface area is 132 Å². The van der Waals surface area contributed by atoms with Crippen LogP contribution in [0.15, 0.2) is 18.5 Å². The summed E-state index contributed by atoms with van der Waals surface area (Å²) in [5, 5.41) is 4.15. The van der Waals surface area contributed by atoms with Gasteiger partial charge in [0.2, 0.25) is 5.91 Å². The lowest BCUT2D eigenvalue weighted by Crippen LogP contribution is -2.37. The molecule has 6 heteroatoms. The van der Waals surface area contributed by atoms with Crippen molar-refractivity contribution in [2.75, 3.05) is 39.3 Å². The molecule has 2 aliphatic rings. The van der Waals surface area contributed by atoms with Crippen LogP contribution in [0.4, 0.5) is 0 Å². The van der Waals surface area contributed by atoms with E-state index in [1.54, 1.807) is 6.20 Å². The first-order valence-electron chi connectivity index (χ1n) is 8.40. The second kappa shape index (κ2) is 7.74. The van der Waals surface area contributed by atoms with Crippen LogP contribution in [-0.4, -0.2) is 70.9 Å². The van der Waals surface area contributed by atoms with Crippen LogP contribution in [0, 0.1) is 0 Å². The third-order valence-electron chi connectivity index (χ3n) is 4.54. The maximum Gasteiger partial charge on any atom is 0.224 e. The average molecular weight is 306 g/mol. The first-order valence-corrected chi connectivity index (χ1v) is 8.40. The third kappa shape index (κ3) is 4.30. The van der Waals surface area contributed by atoms with Crippen LogP contribution in [-0.2, 0) is 16.1 Å². The number of carbonyl (C=O) groups excluding carboxylic acids is 1. The van der Waals surface area contributed by atoms with E-state index in [9.17, 15) is 4.79 Å². The summed E-state index contributed by atoms with van der Waals surface area (Å²) in [5.74, 6) is 0.245. The number of hydrogen-bond acceptors (Lipinski definition) is 4. The molecular formula is C16H26N4O2. The Bertz CT molecular complexity index is 457. The molecule has 22 heavy (non-hydrogen) atoms. The van der Waals surface area contributed by atoms with Gasteiger partial charge in [-0.1, -0.05) is 0 Å². The zero-order valence-electron chi connectivity index (χ0n) is 13.2. The van der Waals surface area contributed by atoms with Crippen molar-refractivity contribution in [3.05, 3.63) is 18.5 Å². The molecule has 1 atom stereocenters. The highest BCUT2D eigenvalue weighted by atomic mass is 16.5. The van der Waals surface area contributed by atoms with Crippen LogP contribution >= 0.6 is 0 Å². The Kier molecular flexibility index (Phi) is 5.45. The highest BCUT2D eigenvalue weighted by molar-refractivity contribution is 5.76. The summed E-state index contributed by atoms with van der Waals surface area (Å²) >= 11 is 0. The Morgan fingerprint density at radius 1 is 1.23 bits per heavy atom. The van der Waals surface area contributed by atoms with Crippen LogP contribution in [0.1, 0.15) is 25.7 Å². The second-order valence-corrected chi connectivity index (χ2v) is 6.19. The molecule has 3 heterocycles. The lowest BCUT2D eigenvalue weighted by molar-refractivity contribution is -0.131. The molecule has 0 spiro atoms. The van der Waals surface area contributed by atoms with Crippen molar-refractivity contribution < 1.29 is 9.53 Å². The molecule has 0 radical (unpaired) electrons. The maximum atomic E-state index is 12.3. The number of rotatable bonds is 5. The normalized spacial score (nSPS) is 23.6. The van der Waals surface area contributed by atoms with Crippen LogP contribution < -0.4 is 0 Å². The van der Waals surface area contributed by atoms with Crippen molar-refractivity contribution in [3.63, 3.8) is 0 Å². The van der Waals surface area contributed by atoms with E-state index in [-0.39, 0.29) is 5.91 Å². The highest BCUT2D eigenvalue weighted by Crippen LogP contribution is 2.15. The van der Waals surface area contributed by atoms with E-state index >= 15 is 0 Å². The lowest BCUT2D eigenvalue weighted by atomic mass is 10.2. The largest absolute Gasteiger partial charge is 0.377 e. The van der Waals surface area contributed by atoms with Gasteiger partial charge in [0.1, 0.15) is 0 Å². The molecule has 1 unspecified atom stereocenters. The first kappa shape index (κ1) is 15.5. The van der Waals surface area contributed by atoms with E-state index in [4.69, 9.17) is 4.74 Å². The summed E-state index contributed by atoms with van der Waals surface area (Å²) < 4.78 is 7.54. The Morgan fingerprint density at radius 2 is 2.18 bits per heavy atom. The van der Waals surface area contributed by atoms with Crippen molar-refractivity contribution in [3.8, 4) is 0 Å². The molecule has 2 fully saturated rings. The van der Waals surface area contributed by atoms with Gasteiger partial charge in [0.15, 0.2) is 0 Å². The maximum absolute atomic E-state index is 12.3. The summed E-state index contributed by atoms with van der Waals surface area (Å²) in [6.45, 7) is 6.36. The van der Waals surface area contributed by atoms with Crippen LogP contribution in [0.5, 0.6) is 0 Å². The van der Waals surface area contributed by atoms with Gasteiger partial charge in [0.25, 0.3) is 0 Å². The van der Waals surface area contributed by atoms with E-state index in [1.165, 1.54) is 12.8 Å². The van der Waals surface area contributed by atoms with Gasteiger partial charge in [-0.25, -0.2) is 0 Å². The molecule has 0 aliphatic carbocycles. The first-order chi connectivity index (χ1) is 10.8. The van der Waals surface area contributed by atoms with Crippen LogP contribution in [0.2, 0.25) is 0 Å². The third-order valence-corrected chi connectivity index (χ3v) is 4.54. The molecule has 122 valence electrons. The SMILES string of the molecule is O=C(CCn1cccn1)N1CCCN(CC2CCCO2)CC1.